The molecule has 2 nitrogen and oxygen atoms in total. The fourth-order valence-corrected chi connectivity index (χ4v) is 3.03. The van der Waals surface area contributed by atoms with Crippen LogP contribution in [0.4, 0.5) is 0 Å². The number of thiophene rings is 1. The summed E-state index contributed by atoms with van der Waals surface area (Å²) in [6, 6.07) is 3.91. The molecule has 0 atom stereocenters. The minimum Gasteiger partial charge on any atom is -0.382 e. The molecule has 1 N–H and O–H groups in total. The van der Waals surface area contributed by atoms with Gasteiger partial charge < -0.3 is 5.11 Å². The summed E-state index contributed by atoms with van der Waals surface area (Å²) >= 11 is 1.59. The Morgan fingerprint density at radius 2 is 2.00 bits per heavy atom. The van der Waals surface area contributed by atoms with Crippen molar-refractivity contribution in [1.82, 2.24) is 0 Å². The van der Waals surface area contributed by atoms with E-state index < -0.39 is 5.60 Å². The van der Waals surface area contributed by atoms with Crippen molar-refractivity contribution in [2.75, 3.05) is 0 Å². The molecule has 1 aliphatic rings. The summed E-state index contributed by atoms with van der Waals surface area (Å²) in [6.07, 6.45) is 5.95. The fraction of sp³-hybridized carbons (Fsp3) is 0.615. The molecule has 0 bridgehead atoms. The van der Waals surface area contributed by atoms with Gasteiger partial charge in [0.2, 0.25) is 0 Å². The van der Waals surface area contributed by atoms with E-state index in [1.54, 1.807) is 11.3 Å². The number of ketones is 1. The average molecular weight is 238 g/mol. The number of carbonyl (C=O) groups is 1. The molecule has 88 valence electrons. The molecule has 1 aromatic rings. The van der Waals surface area contributed by atoms with Gasteiger partial charge in [-0.3, -0.25) is 4.79 Å². The van der Waals surface area contributed by atoms with Crippen LogP contribution in [-0.2, 0) is 11.2 Å². The molecule has 0 radical (unpaired) electrons. The maximum Gasteiger partial charge on any atom is 0.169 e. The maximum atomic E-state index is 12.1. The van der Waals surface area contributed by atoms with Crippen LogP contribution in [-0.4, -0.2) is 16.5 Å². The molecular weight excluding hydrogens is 220 g/mol. The SMILES string of the molecule is O=C(Cc1cccs1)C1(O)CCCCCC1. The molecule has 1 heterocycles. The average Bonchev–Trinajstić information content (AvgIpc) is 2.66. The summed E-state index contributed by atoms with van der Waals surface area (Å²) in [5.74, 6) is 0.0110. The molecule has 1 fully saturated rings. The number of carbonyl (C=O) groups excluding carboxylic acids is 1. The van der Waals surface area contributed by atoms with Crippen molar-refractivity contribution in [1.29, 1.82) is 0 Å². The summed E-state index contributed by atoms with van der Waals surface area (Å²) in [6.45, 7) is 0. The first-order valence-corrected chi connectivity index (χ1v) is 6.87. The lowest BCUT2D eigenvalue weighted by Gasteiger charge is -2.24. The Bertz CT molecular complexity index is 335. The quantitative estimate of drug-likeness (QED) is 0.822. The summed E-state index contributed by atoms with van der Waals surface area (Å²) in [7, 11) is 0. The number of Topliss-reactive ketones (excluding diaryl/α,β-unsaturated/α-hetero) is 1. The molecule has 0 aromatic carbocycles. The van der Waals surface area contributed by atoms with Crippen LogP contribution in [0.2, 0.25) is 0 Å². The second-order valence-electron chi connectivity index (χ2n) is 4.63. The van der Waals surface area contributed by atoms with Crippen molar-refractivity contribution in [3.05, 3.63) is 22.4 Å². The molecule has 1 saturated carbocycles. The summed E-state index contributed by atoms with van der Waals surface area (Å²) < 4.78 is 0. The predicted molar refractivity (Wildman–Crippen MR) is 65.7 cm³/mol. The van der Waals surface area contributed by atoms with Crippen LogP contribution in [0.3, 0.4) is 0 Å². The van der Waals surface area contributed by atoms with Crippen LogP contribution in [0.15, 0.2) is 17.5 Å². The first kappa shape index (κ1) is 11.8. The third kappa shape index (κ3) is 2.71. The molecule has 1 aliphatic carbocycles. The van der Waals surface area contributed by atoms with E-state index >= 15 is 0 Å². The summed E-state index contributed by atoms with van der Waals surface area (Å²) in [5.41, 5.74) is -1.04. The Labute approximate surface area is 100 Å². The van der Waals surface area contributed by atoms with Gasteiger partial charge in [-0.1, -0.05) is 31.7 Å². The van der Waals surface area contributed by atoms with E-state index in [1.807, 2.05) is 17.5 Å². The minimum atomic E-state index is -1.04. The molecule has 0 unspecified atom stereocenters. The molecular formula is C13H18O2S. The maximum absolute atomic E-state index is 12.1. The molecule has 0 aliphatic heterocycles. The monoisotopic (exact) mass is 238 g/mol. The summed E-state index contributed by atoms with van der Waals surface area (Å²) in [4.78, 5) is 13.2. The van der Waals surface area contributed by atoms with Gasteiger partial charge >= 0.3 is 0 Å². The second kappa shape index (κ2) is 5.11. The predicted octanol–water partition coefficient (Wildman–Crippen LogP) is 2.95. The van der Waals surface area contributed by atoms with E-state index in [0.717, 1.165) is 30.6 Å². The fourth-order valence-electron chi connectivity index (χ4n) is 2.33. The summed E-state index contributed by atoms with van der Waals surface area (Å²) in [5, 5.41) is 12.3. The van der Waals surface area contributed by atoms with Gasteiger partial charge in [0.1, 0.15) is 5.60 Å². The number of hydrogen-bond donors (Lipinski definition) is 1. The van der Waals surface area contributed by atoms with Crippen LogP contribution in [0.1, 0.15) is 43.4 Å². The molecule has 0 saturated heterocycles. The van der Waals surface area contributed by atoms with Gasteiger partial charge in [-0.2, -0.15) is 0 Å². The largest absolute Gasteiger partial charge is 0.382 e. The Hall–Kier alpha value is -0.670. The molecule has 0 spiro atoms. The normalized spacial score (nSPS) is 20.3. The molecule has 1 aromatic heterocycles. The second-order valence-corrected chi connectivity index (χ2v) is 5.66. The van der Waals surface area contributed by atoms with Crippen molar-refractivity contribution < 1.29 is 9.90 Å². The Kier molecular flexibility index (Phi) is 3.77. The van der Waals surface area contributed by atoms with Gasteiger partial charge in [0.05, 0.1) is 0 Å². The van der Waals surface area contributed by atoms with E-state index in [2.05, 4.69) is 0 Å². The van der Waals surface area contributed by atoms with E-state index in [1.165, 1.54) is 0 Å². The van der Waals surface area contributed by atoms with Crippen LogP contribution in [0, 0.1) is 0 Å². The van der Waals surface area contributed by atoms with E-state index in [9.17, 15) is 9.90 Å². The van der Waals surface area contributed by atoms with E-state index in [-0.39, 0.29) is 5.78 Å². The highest BCUT2D eigenvalue weighted by Crippen LogP contribution is 2.29. The highest BCUT2D eigenvalue weighted by atomic mass is 32.1. The third-order valence-corrected chi connectivity index (χ3v) is 4.24. The molecule has 3 heteroatoms. The molecule has 0 amide bonds. The van der Waals surface area contributed by atoms with Gasteiger partial charge in [-0.25, -0.2) is 0 Å². The highest BCUT2D eigenvalue weighted by Gasteiger charge is 2.35. The highest BCUT2D eigenvalue weighted by molar-refractivity contribution is 7.10. The zero-order valence-electron chi connectivity index (χ0n) is 9.45. The van der Waals surface area contributed by atoms with Crippen molar-refractivity contribution >= 4 is 17.1 Å². The Morgan fingerprint density at radius 1 is 1.31 bits per heavy atom. The number of aliphatic hydroxyl groups is 1. The standard InChI is InChI=1S/C13H18O2S/c14-12(10-11-6-5-9-16-11)13(15)7-3-1-2-4-8-13/h5-6,9,15H,1-4,7-8,10H2. The van der Waals surface area contributed by atoms with Gasteiger partial charge in [0, 0.05) is 11.3 Å². The Balaban J connectivity index is 2.01. The van der Waals surface area contributed by atoms with Gasteiger partial charge in [0.25, 0.3) is 0 Å². The van der Waals surface area contributed by atoms with Crippen LogP contribution >= 0.6 is 11.3 Å². The first-order valence-electron chi connectivity index (χ1n) is 5.99. The lowest BCUT2D eigenvalue weighted by Crippen LogP contribution is -2.39. The van der Waals surface area contributed by atoms with Gasteiger partial charge in [0.15, 0.2) is 5.78 Å². The topological polar surface area (TPSA) is 37.3 Å². The van der Waals surface area contributed by atoms with Crippen molar-refractivity contribution in [2.45, 2.75) is 50.5 Å². The van der Waals surface area contributed by atoms with Gasteiger partial charge in [-0.05, 0) is 24.3 Å². The first-order chi connectivity index (χ1) is 7.71. The molecule has 16 heavy (non-hydrogen) atoms. The smallest absolute Gasteiger partial charge is 0.169 e. The van der Waals surface area contributed by atoms with E-state index in [0.29, 0.717) is 19.3 Å². The van der Waals surface area contributed by atoms with Crippen molar-refractivity contribution in [3.8, 4) is 0 Å². The van der Waals surface area contributed by atoms with Crippen molar-refractivity contribution in [3.63, 3.8) is 0 Å². The zero-order valence-corrected chi connectivity index (χ0v) is 10.3. The lowest BCUT2D eigenvalue weighted by molar-refractivity contribution is -0.137. The third-order valence-electron chi connectivity index (χ3n) is 3.36. The molecule has 2 rings (SSSR count). The van der Waals surface area contributed by atoms with Crippen LogP contribution in [0.5, 0.6) is 0 Å². The lowest BCUT2D eigenvalue weighted by atomic mass is 9.88. The van der Waals surface area contributed by atoms with Crippen LogP contribution in [0.25, 0.3) is 0 Å². The van der Waals surface area contributed by atoms with Crippen LogP contribution < -0.4 is 0 Å². The van der Waals surface area contributed by atoms with E-state index in [4.69, 9.17) is 0 Å². The van der Waals surface area contributed by atoms with Crippen molar-refractivity contribution in [2.24, 2.45) is 0 Å². The zero-order chi connectivity index (χ0) is 11.4. The number of rotatable bonds is 3. The Morgan fingerprint density at radius 3 is 2.56 bits per heavy atom. The minimum absolute atomic E-state index is 0.0110. The number of hydrogen-bond acceptors (Lipinski definition) is 3. The van der Waals surface area contributed by atoms with Gasteiger partial charge in [-0.15, -0.1) is 11.3 Å².